The van der Waals surface area contributed by atoms with Gasteiger partial charge in [-0.05, 0) is 44.8 Å². The highest BCUT2D eigenvalue weighted by atomic mass is 16.1. The first kappa shape index (κ1) is 15.0. The van der Waals surface area contributed by atoms with Crippen LogP contribution in [0.2, 0.25) is 0 Å². The number of nitrogens with one attached hydrogen (secondary N) is 1. The highest BCUT2D eigenvalue weighted by molar-refractivity contribution is 5.30. The molecule has 1 aromatic heterocycles. The van der Waals surface area contributed by atoms with Gasteiger partial charge in [0.15, 0.2) is 5.82 Å². The molecule has 1 aliphatic heterocycles. The van der Waals surface area contributed by atoms with E-state index in [-0.39, 0.29) is 5.56 Å². The van der Waals surface area contributed by atoms with Gasteiger partial charge in [0.1, 0.15) is 0 Å². The Morgan fingerprint density at radius 3 is 2.75 bits per heavy atom. The van der Waals surface area contributed by atoms with E-state index >= 15 is 0 Å². The Labute approximate surface area is 121 Å². The SMILES string of the molecule is CC(C)Cn1ccnc(NCC2CCN(C)CC2)c1=O. The van der Waals surface area contributed by atoms with Gasteiger partial charge in [0.25, 0.3) is 5.56 Å². The lowest BCUT2D eigenvalue weighted by Crippen LogP contribution is -2.34. The van der Waals surface area contributed by atoms with Crippen molar-refractivity contribution in [2.75, 3.05) is 32.0 Å². The van der Waals surface area contributed by atoms with E-state index in [4.69, 9.17) is 0 Å². The van der Waals surface area contributed by atoms with E-state index in [1.54, 1.807) is 17.0 Å². The molecular weight excluding hydrogens is 252 g/mol. The number of rotatable bonds is 5. The molecule has 5 heteroatoms. The minimum atomic E-state index is -0.00544. The van der Waals surface area contributed by atoms with E-state index in [0.717, 1.165) is 26.2 Å². The van der Waals surface area contributed by atoms with E-state index in [9.17, 15) is 4.79 Å². The minimum absolute atomic E-state index is 0.00544. The summed E-state index contributed by atoms with van der Waals surface area (Å²) in [6, 6.07) is 0. The molecule has 1 fully saturated rings. The average Bonchev–Trinajstić information content (AvgIpc) is 2.41. The minimum Gasteiger partial charge on any atom is -0.365 e. The van der Waals surface area contributed by atoms with Crippen molar-refractivity contribution in [2.24, 2.45) is 11.8 Å². The van der Waals surface area contributed by atoms with Crippen molar-refractivity contribution >= 4 is 5.82 Å². The summed E-state index contributed by atoms with van der Waals surface area (Å²) in [5.41, 5.74) is -0.00544. The molecule has 0 radical (unpaired) electrons. The van der Waals surface area contributed by atoms with Crippen molar-refractivity contribution in [3.05, 3.63) is 22.7 Å². The first-order chi connectivity index (χ1) is 9.56. The lowest BCUT2D eigenvalue weighted by Gasteiger charge is -2.29. The van der Waals surface area contributed by atoms with Gasteiger partial charge in [-0.3, -0.25) is 4.79 Å². The summed E-state index contributed by atoms with van der Waals surface area (Å²) >= 11 is 0. The highest BCUT2D eigenvalue weighted by Gasteiger charge is 2.17. The summed E-state index contributed by atoms with van der Waals surface area (Å²) in [5, 5.41) is 3.25. The lowest BCUT2D eigenvalue weighted by molar-refractivity contribution is 0.226. The number of nitrogens with zero attached hydrogens (tertiary/aromatic N) is 3. The fourth-order valence-electron chi connectivity index (χ4n) is 2.61. The van der Waals surface area contributed by atoms with Gasteiger partial charge in [-0.1, -0.05) is 13.8 Å². The molecule has 0 saturated carbocycles. The number of likely N-dealkylation sites (tertiary alicyclic amines) is 1. The molecule has 5 nitrogen and oxygen atoms in total. The second kappa shape index (κ2) is 6.88. The molecular formula is C15H26N4O. The molecule has 1 N–H and O–H groups in total. The molecule has 0 aliphatic carbocycles. The fraction of sp³-hybridized carbons (Fsp3) is 0.733. The van der Waals surface area contributed by atoms with Crippen LogP contribution < -0.4 is 10.9 Å². The number of hydrogen-bond donors (Lipinski definition) is 1. The van der Waals surface area contributed by atoms with E-state index in [2.05, 4.69) is 36.1 Å². The van der Waals surface area contributed by atoms with Crippen LogP contribution in [-0.2, 0) is 6.54 Å². The predicted molar refractivity (Wildman–Crippen MR) is 82.0 cm³/mol. The molecule has 0 atom stereocenters. The van der Waals surface area contributed by atoms with Gasteiger partial charge >= 0.3 is 0 Å². The lowest BCUT2D eigenvalue weighted by atomic mass is 9.97. The number of anilines is 1. The van der Waals surface area contributed by atoms with Gasteiger partial charge in [-0.2, -0.15) is 0 Å². The van der Waals surface area contributed by atoms with Crippen LogP contribution in [0.4, 0.5) is 5.82 Å². The number of hydrogen-bond acceptors (Lipinski definition) is 4. The summed E-state index contributed by atoms with van der Waals surface area (Å²) < 4.78 is 1.74. The maximum absolute atomic E-state index is 12.3. The van der Waals surface area contributed by atoms with Crippen molar-refractivity contribution in [1.29, 1.82) is 0 Å². The van der Waals surface area contributed by atoms with Crippen LogP contribution in [-0.4, -0.2) is 41.1 Å². The van der Waals surface area contributed by atoms with Crippen molar-refractivity contribution in [2.45, 2.75) is 33.2 Å². The fourth-order valence-corrected chi connectivity index (χ4v) is 2.61. The third-order valence-electron chi connectivity index (χ3n) is 3.87. The van der Waals surface area contributed by atoms with Crippen LogP contribution in [0.15, 0.2) is 17.2 Å². The maximum Gasteiger partial charge on any atom is 0.293 e. The first-order valence-electron chi connectivity index (χ1n) is 7.54. The van der Waals surface area contributed by atoms with Crippen molar-refractivity contribution in [3.63, 3.8) is 0 Å². The van der Waals surface area contributed by atoms with Gasteiger partial charge < -0.3 is 14.8 Å². The Balaban J connectivity index is 1.94. The molecule has 0 spiro atoms. The second-order valence-electron chi connectivity index (χ2n) is 6.25. The molecule has 20 heavy (non-hydrogen) atoms. The Bertz CT molecular complexity index is 475. The molecule has 1 aromatic rings. The van der Waals surface area contributed by atoms with Crippen LogP contribution in [0.3, 0.4) is 0 Å². The smallest absolute Gasteiger partial charge is 0.293 e. The van der Waals surface area contributed by atoms with Crippen molar-refractivity contribution in [1.82, 2.24) is 14.5 Å². The zero-order valence-electron chi connectivity index (χ0n) is 12.8. The van der Waals surface area contributed by atoms with Gasteiger partial charge in [0.05, 0.1) is 0 Å². The van der Waals surface area contributed by atoms with Crippen molar-refractivity contribution in [3.8, 4) is 0 Å². The summed E-state index contributed by atoms with van der Waals surface area (Å²) in [6.45, 7) is 8.10. The molecule has 1 aliphatic rings. The third kappa shape index (κ3) is 4.07. The largest absolute Gasteiger partial charge is 0.365 e. The van der Waals surface area contributed by atoms with E-state index in [0.29, 0.717) is 17.7 Å². The Morgan fingerprint density at radius 2 is 2.10 bits per heavy atom. The van der Waals surface area contributed by atoms with E-state index < -0.39 is 0 Å². The van der Waals surface area contributed by atoms with Gasteiger partial charge in [-0.25, -0.2) is 4.98 Å². The zero-order valence-corrected chi connectivity index (χ0v) is 12.8. The topological polar surface area (TPSA) is 50.2 Å². The molecule has 2 heterocycles. The predicted octanol–water partition coefficient (Wildman–Crippen LogP) is 1.65. The molecule has 0 unspecified atom stereocenters. The standard InChI is InChI=1S/C15H26N4O/c1-12(2)11-19-9-6-16-14(15(19)20)17-10-13-4-7-18(3)8-5-13/h6,9,12-13H,4-5,7-8,10-11H2,1-3H3,(H,16,17). The second-order valence-corrected chi connectivity index (χ2v) is 6.25. The molecule has 2 rings (SSSR count). The zero-order chi connectivity index (χ0) is 14.5. The molecule has 112 valence electrons. The number of piperidine rings is 1. The first-order valence-corrected chi connectivity index (χ1v) is 7.54. The average molecular weight is 278 g/mol. The monoisotopic (exact) mass is 278 g/mol. The molecule has 0 aromatic carbocycles. The normalized spacial score (nSPS) is 17.6. The van der Waals surface area contributed by atoms with Crippen LogP contribution in [0.1, 0.15) is 26.7 Å². The summed E-state index contributed by atoms with van der Waals surface area (Å²) in [7, 11) is 2.16. The van der Waals surface area contributed by atoms with Crippen LogP contribution in [0.25, 0.3) is 0 Å². The van der Waals surface area contributed by atoms with Crippen LogP contribution in [0, 0.1) is 11.8 Å². The van der Waals surface area contributed by atoms with Gasteiger partial charge in [0, 0.05) is 25.5 Å². The molecule has 1 saturated heterocycles. The summed E-state index contributed by atoms with van der Waals surface area (Å²) in [4.78, 5) is 18.8. The van der Waals surface area contributed by atoms with Gasteiger partial charge in [0.2, 0.25) is 0 Å². The van der Waals surface area contributed by atoms with Gasteiger partial charge in [-0.15, -0.1) is 0 Å². The molecule has 0 amide bonds. The van der Waals surface area contributed by atoms with E-state index in [1.165, 1.54) is 12.8 Å². The molecule has 0 bridgehead atoms. The highest BCUT2D eigenvalue weighted by Crippen LogP contribution is 2.15. The van der Waals surface area contributed by atoms with E-state index in [1.807, 2.05) is 0 Å². The van der Waals surface area contributed by atoms with Crippen LogP contribution >= 0.6 is 0 Å². The third-order valence-corrected chi connectivity index (χ3v) is 3.87. The Hall–Kier alpha value is -1.36. The quantitative estimate of drug-likeness (QED) is 0.890. The number of aromatic nitrogens is 2. The van der Waals surface area contributed by atoms with Crippen molar-refractivity contribution < 1.29 is 0 Å². The van der Waals surface area contributed by atoms with Crippen LogP contribution in [0.5, 0.6) is 0 Å². The summed E-state index contributed by atoms with van der Waals surface area (Å²) in [5.74, 6) is 1.59. The Kier molecular flexibility index (Phi) is 5.17. The Morgan fingerprint density at radius 1 is 1.40 bits per heavy atom. The summed E-state index contributed by atoms with van der Waals surface area (Å²) in [6.07, 6.45) is 5.86. The maximum atomic E-state index is 12.3.